The van der Waals surface area contributed by atoms with Crippen LogP contribution >= 0.6 is 0 Å². The second kappa shape index (κ2) is 7.58. The average molecular weight is 375 g/mol. The number of carbonyl (C=O) groups excluding carboxylic acids is 1. The van der Waals surface area contributed by atoms with Crippen molar-refractivity contribution in [2.75, 3.05) is 0 Å². The highest BCUT2D eigenvalue weighted by Gasteiger charge is 2.36. The number of aryl methyl sites for hydroxylation is 1. The molecule has 0 spiro atoms. The summed E-state index contributed by atoms with van der Waals surface area (Å²) >= 11 is 0. The molecule has 0 radical (unpaired) electrons. The minimum atomic E-state index is -0.164. The fourth-order valence-corrected chi connectivity index (χ4v) is 3.70. The van der Waals surface area contributed by atoms with E-state index in [2.05, 4.69) is 48.3 Å². The van der Waals surface area contributed by atoms with Gasteiger partial charge >= 0.3 is 0 Å². The Bertz CT molecular complexity index is 976. The van der Waals surface area contributed by atoms with Gasteiger partial charge in [-0.15, -0.1) is 0 Å². The van der Waals surface area contributed by atoms with Gasteiger partial charge < -0.3 is 9.42 Å². The molecule has 0 aliphatic carbocycles. The standard InChI is InChI=1S/C23H25N3O2/c1-15(2)18-10-8-17(9-11-18)14-26-20(12-13-21(26)27)23-24-22(25-28-23)19-7-5-4-6-16(19)3/h4-11,15,20H,12-14H2,1-3H3. The summed E-state index contributed by atoms with van der Waals surface area (Å²) in [5, 5.41) is 4.17. The van der Waals surface area contributed by atoms with E-state index in [1.807, 2.05) is 36.1 Å². The molecule has 1 saturated heterocycles. The molecule has 28 heavy (non-hydrogen) atoms. The van der Waals surface area contributed by atoms with E-state index in [-0.39, 0.29) is 11.9 Å². The van der Waals surface area contributed by atoms with Crippen molar-refractivity contribution in [2.45, 2.75) is 52.1 Å². The smallest absolute Gasteiger partial charge is 0.249 e. The molecule has 144 valence electrons. The Morgan fingerprint density at radius 2 is 1.89 bits per heavy atom. The number of hydrogen-bond donors (Lipinski definition) is 0. The van der Waals surface area contributed by atoms with Crippen molar-refractivity contribution >= 4 is 5.91 Å². The normalized spacial score (nSPS) is 16.9. The van der Waals surface area contributed by atoms with E-state index in [4.69, 9.17) is 4.52 Å². The lowest BCUT2D eigenvalue weighted by molar-refractivity contribution is -0.129. The second-order valence-corrected chi connectivity index (χ2v) is 7.74. The predicted molar refractivity (Wildman–Crippen MR) is 108 cm³/mol. The molecule has 1 fully saturated rings. The molecule has 1 aliphatic heterocycles. The van der Waals surface area contributed by atoms with E-state index >= 15 is 0 Å². The molecule has 5 heteroatoms. The maximum absolute atomic E-state index is 12.5. The first kappa shape index (κ1) is 18.4. The molecule has 1 unspecified atom stereocenters. The van der Waals surface area contributed by atoms with Gasteiger partial charge in [0.1, 0.15) is 6.04 Å². The van der Waals surface area contributed by atoms with Crippen LogP contribution < -0.4 is 0 Å². The van der Waals surface area contributed by atoms with Gasteiger partial charge in [-0.05, 0) is 36.0 Å². The van der Waals surface area contributed by atoms with Crippen molar-refractivity contribution in [3.63, 3.8) is 0 Å². The molecule has 1 atom stereocenters. The fourth-order valence-electron chi connectivity index (χ4n) is 3.70. The maximum atomic E-state index is 12.5. The number of aromatic nitrogens is 2. The van der Waals surface area contributed by atoms with Gasteiger partial charge in [-0.25, -0.2) is 0 Å². The number of benzene rings is 2. The monoisotopic (exact) mass is 375 g/mol. The van der Waals surface area contributed by atoms with Crippen molar-refractivity contribution in [1.82, 2.24) is 15.0 Å². The quantitative estimate of drug-likeness (QED) is 0.627. The summed E-state index contributed by atoms with van der Waals surface area (Å²) in [6.07, 6.45) is 1.22. The predicted octanol–water partition coefficient (Wildman–Crippen LogP) is 5.03. The first-order chi connectivity index (χ1) is 13.5. The summed E-state index contributed by atoms with van der Waals surface area (Å²) in [4.78, 5) is 19.0. The summed E-state index contributed by atoms with van der Waals surface area (Å²) in [6.45, 7) is 6.94. The van der Waals surface area contributed by atoms with Crippen LogP contribution in [0, 0.1) is 6.92 Å². The lowest BCUT2D eigenvalue weighted by atomic mass is 10.0. The summed E-state index contributed by atoms with van der Waals surface area (Å²) in [5.41, 5.74) is 4.47. The van der Waals surface area contributed by atoms with Crippen LogP contribution in [0.2, 0.25) is 0 Å². The van der Waals surface area contributed by atoms with Gasteiger partial charge in [0.2, 0.25) is 17.6 Å². The van der Waals surface area contributed by atoms with Crippen LogP contribution in [0.1, 0.15) is 61.2 Å². The molecular formula is C23H25N3O2. The molecule has 5 nitrogen and oxygen atoms in total. The zero-order valence-corrected chi connectivity index (χ0v) is 16.6. The van der Waals surface area contributed by atoms with Gasteiger partial charge in [0, 0.05) is 18.5 Å². The van der Waals surface area contributed by atoms with Gasteiger partial charge in [-0.1, -0.05) is 67.5 Å². The van der Waals surface area contributed by atoms with Crippen LogP contribution in [0.4, 0.5) is 0 Å². The van der Waals surface area contributed by atoms with Crippen molar-refractivity contribution in [2.24, 2.45) is 0 Å². The molecule has 2 aromatic carbocycles. The Morgan fingerprint density at radius 3 is 2.61 bits per heavy atom. The van der Waals surface area contributed by atoms with Gasteiger partial charge in [-0.2, -0.15) is 4.98 Å². The van der Waals surface area contributed by atoms with E-state index in [1.165, 1.54) is 5.56 Å². The average Bonchev–Trinajstić information content (AvgIpc) is 3.30. The Hall–Kier alpha value is -2.95. The highest BCUT2D eigenvalue weighted by Crippen LogP contribution is 2.34. The van der Waals surface area contributed by atoms with Crippen LogP contribution in [0.3, 0.4) is 0 Å². The summed E-state index contributed by atoms with van der Waals surface area (Å²) in [6, 6.07) is 16.3. The first-order valence-electron chi connectivity index (χ1n) is 9.81. The summed E-state index contributed by atoms with van der Waals surface area (Å²) < 4.78 is 5.57. The molecule has 2 heterocycles. The van der Waals surface area contributed by atoms with Crippen LogP contribution in [-0.2, 0) is 11.3 Å². The highest BCUT2D eigenvalue weighted by atomic mass is 16.5. The molecule has 1 aliphatic rings. The second-order valence-electron chi connectivity index (χ2n) is 7.74. The molecule has 0 N–H and O–H groups in total. The Morgan fingerprint density at radius 1 is 1.14 bits per heavy atom. The molecule has 4 rings (SSSR count). The van der Waals surface area contributed by atoms with Crippen molar-refractivity contribution in [1.29, 1.82) is 0 Å². The fraction of sp³-hybridized carbons (Fsp3) is 0.348. The van der Waals surface area contributed by atoms with E-state index < -0.39 is 0 Å². The number of carbonyl (C=O) groups is 1. The maximum Gasteiger partial charge on any atom is 0.249 e. The van der Waals surface area contributed by atoms with E-state index in [0.717, 1.165) is 16.7 Å². The lowest BCUT2D eigenvalue weighted by Gasteiger charge is -2.22. The number of rotatable bonds is 5. The van der Waals surface area contributed by atoms with Crippen LogP contribution in [0.15, 0.2) is 53.1 Å². The zero-order valence-electron chi connectivity index (χ0n) is 16.6. The molecule has 1 amide bonds. The molecule has 1 aromatic heterocycles. The van der Waals surface area contributed by atoms with Crippen molar-refractivity contribution in [3.8, 4) is 11.4 Å². The third-order valence-electron chi connectivity index (χ3n) is 5.44. The number of nitrogens with zero attached hydrogens (tertiary/aromatic N) is 3. The molecular weight excluding hydrogens is 350 g/mol. The lowest BCUT2D eigenvalue weighted by Crippen LogP contribution is -2.27. The minimum Gasteiger partial charge on any atom is -0.337 e. The van der Waals surface area contributed by atoms with Gasteiger partial charge in [-0.3, -0.25) is 4.79 Å². The van der Waals surface area contributed by atoms with Crippen LogP contribution in [0.25, 0.3) is 11.4 Å². The third-order valence-corrected chi connectivity index (χ3v) is 5.44. The highest BCUT2D eigenvalue weighted by molar-refractivity contribution is 5.78. The summed E-state index contributed by atoms with van der Waals surface area (Å²) in [7, 11) is 0. The van der Waals surface area contributed by atoms with Gasteiger partial charge in [0.15, 0.2) is 0 Å². The van der Waals surface area contributed by atoms with Gasteiger partial charge in [0.25, 0.3) is 0 Å². The molecule has 3 aromatic rings. The Labute approximate surface area is 165 Å². The minimum absolute atomic E-state index is 0.133. The van der Waals surface area contributed by atoms with Crippen molar-refractivity contribution in [3.05, 3.63) is 71.1 Å². The van der Waals surface area contributed by atoms with Crippen LogP contribution in [-0.4, -0.2) is 20.9 Å². The SMILES string of the molecule is Cc1ccccc1-c1noc(C2CCC(=O)N2Cc2ccc(C(C)C)cc2)n1. The zero-order chi connectivity index (χ0) is 19.7. The molecule has 0 bridgehead atoms. The van der Waals surface area contributed by atoms with E-state index in [0.29, 0.717) is 37.0 Å². The van der Waals surface area contributed by atoms with E-state index in [9.17, 15) is 4.79 Å². The number of hydrogen-bond acceptors (Lipinski definition) is 4. The van der Waals surface area contributed by atoms with E-state index in [1.54, 1.807) is 0 Å². The van der Waals surface area contributed by atoms with Gasteiger partial charge in [0.05, 0.1) is 0 Å². The Kier molecular flexibility index (Phi) is 4.99. The number of likely N-dealkylation sites (tertiary alicyclic amines) is 1. The molecule has 0 saturated carbocycles. The Balaban J connectivity index is 1.56. The van der Waals surface area contributed by atoms with Crippen molar-refractivity contribution < 1.29 is 9.32 Å². The third kappa shape index (κ3) is 3.57. The summed E-state index contributed by atoms with van der Waals surface area (Å²) in [5.74, 6) is 1.72. The number of amides is 1. The topological polar surface area (TPSA) is 59.2 Å². The van der Waals surface area contributed by atoms with Crippen LogP contribution in [0.5, 0.6) is 0 Å². The largest absolute Gasteiger partial charge is 0.337 e. The first-order valence-corrected chi connectivity index (χ1v) is 9.81.